The Kier molecular flexibility index (Phi) is 6.17. The van der Waals surface area contributed by atoms with Gasteiger partial charge in [0.05, 0.1) is 17.9 Å². The van der Waals surface area contributed by atoms with Crippen LogP contribution in [0.3, 0.4) is 0 Å². The number of carbonyl (C=O) groups excluding carboxylic acids is 1. The summed E-state index contributed by atoms with van der Waals surface area (Å²) in [6.07, 6.45) is 0.226. The molecule has 0 aliphatic heterocycles. The molecule has 1 N–H and O–H groups in total. The van der Waals surface area contributed by atoms with Crippen molar-refractivity contribution in [2.75, 3.05) is 26.0 Å². The Morgan fingerprint density at radius 1 is 1.04 bits per heavy atom. The largest absolute Gasteiger partial charge is 0.494 e. The first-order valence-corrected chi connectivity index (χ1v) is 9.31. The molecular weight excluding hydrogens is 340 g/mol. The molecule has 0 aliphatic rings. The van der Waals surface area contributed by atoms with Gasteiger partial charge in [-0.1, -0.05) is 12.1 Å². The van der Waals surface area contributed by atoms with Gasteiger partial charge in [0.15, 0.2) is 0 Å². The predicted molar refractivity (Wildman–Crippen MR) is 97.3 cm³/mol. The van der Waals surface area contributed by atoms with Crippen LogP contribution in [0.2, 0.25) is 0 Å². The predicted octanol–water partition coefficient (Wildman–Crippen LogP) is 2.52. The van der Waals surface area contributed by atoms with Crippen LogP contribution in [0.15, 0.2) is 53.4 Å². The van der Waals surface area contributed by atoms with E-state index in [1.807, 2.05) is 31.2 Å². The number of rotatable bonds is 7. The quantitative estimate of drug-likeness (QED) is 0.821. The van der Waals surface area contributed by atoms with Gasteiger partial charge in [0, 0.05) is 19.8 Å². The molecule has 134 valence electrons. The highest BCUT2D eigenvalue weighted by molar-refractivity contribution is 7.89. The van der Waals surface area contributed by atoms with Crippen molar-refractivity contribution in [1.82, 2.24) is 4.31 Å². The van der Waals surface area contributed by atoms with Crippen LogP contribution in [-0.4, -0.2) is 39.3 Å². The monoisotopic (exact) mass is 362 g/mol. The fraction of sp³-hybridized carbons (Fsp3) is 0.278. The lowest BCUT2D eigenvalue weighted by Crippen LogP contribution is -2.22. The number of hydrogen-bond acceptors (Lipinski definition) is 4. The molecular formula is C18H22N2O4S. The summed E-state index contributed by atoms with van der Waals surface area (Å²) < 4.78 is 30.5. The molecule has 0 atom stereocenters. The maximum absolute atomic E-state index is 12.1. The zero-order valence-corrected chi connectivity index (χ0v) is 15.3. The smallest absolute Gasteiger partial charge is 0.242 e. The van der Waals surface area contributed by atoms with E-state index < -0.39 is 10.0 Å². The molecule has 6 nitrogen and oxygen atoms in total. The second-order valence-corrected chi connectivity index (χ2v) is 7.77. The minimum atomic E-state index is -3.47. The Bertz CT molecular complexity index is 813. The van der Waals surface area contributed by atoms with Gasteiger partial charge in [-0.05, 0) is 48.9 Å². The molecule has 0 radical (unpaired) electrons. The topological polar surface area (TPSA) is 75.7 Å². The molecule has 0 unspecified atom stereocenters. The average molecular weight is 362 g/mol. The number of amides is 1. The highest BCUT2D eigenvalue weighted by atomic mass is 32.2. The lowest BCUT2D eigenvalue weighted by Gasteiger charge is -2.12. The van der Waals surface area contributed by atoms with Crippen LogP contribution in [0.25, 0.3) is 0 Å². The summed E-state index contributed by atoms with van der Waals surface area (Å²) in [7, 11) is -0.523. The van der Waals surface area contributed by atoms with Crippen LogP contribution in [-0.2, 0) is 21.2 Å². The standard InChI is InChI=1S/C18H22N2O4S/c1-4-24-16-9-5-14(6-10-16)13-18(21)19-15-7-11-17(12-8-15)25(22,23)20(2)3/h5-12H,4,13H2,1-3H3,(H,19,21). The van der Waals surface area contributed by atoms with Crippen LogP contribution in [0.5, 0.6) is 5.75 Å². The van der Waals surface area contributed by atoms with Crippen molar-refractivity contribution >= 4 is 21.6 Å². The molecule has 2 aromatic rings. The number of ether oxygens (including phenoxy) is 1. The zero-order chi connectivity index (χ0) is 18.4. The molecule has 0 saturated carbocycles. The SMILES string of the molecule is CCOc1ccc(CC(=O)Nc2ccc(S(=O)(=O)N(C)C)cc2)cc1. The third-order valence-electron chi connectivity index (χ3n) is 3.52. The van der Waals surface area contributed by atoms with Gasteiger partial charge in [-0.2, -0.15) is 0 Å². The van der Waals surface area contributed by atoms with Crippen LogP contribution in [0.1, 0.15) is 12.5 Å². The van der Waals surface area contributed by atoms with E-state index in [-0.39, 0.29) is 17.2 Å². The van der Waals surface area contributed by atoms with Gasteiger partial charge >= 0.3 is 0 Å². The van der Waals surface area contributed by atoms with Crippen molar-refractivity contribution in [2.45, 2.75) is 18.2 Å². The van der Waals surface area contributed by atoms with Crippen molar-refractivity contribution in [3.05, 3.63) is 54.1 Å². The Labute approximate surface area is 148 Å². The Hall–Kier alpha value is -2.38. The summed E-state index contributed by atoms with van der Waals surface area (Å²) in [5, 5.41) is 2.76. The van der Waals surface area contributed by atoms with E-state index in [1.165, 1.54) is 26.2 Å². The molecule has 0 aromatic heterocycles. The van der Waals surface area contributed by atoms with Gasteiger partial charge in [0.1, 0.15) is 5.75 Å². The Morgan fingerprint density at radius 3 is 2.16 bits per heavy atom. The summed E-state index contributed by atoms with van der Waals surface area (Å²) in [5.74, 6) is 0.594. The first-order valence-electron chi connectivity index (χ1n) is 7.87. The minimum Gasteiger partial charge on any atom is -0.494 e. The third-order valence-corrected chi connectivity index (χ3v) is 5.35. The van der Waals surface area contributed by atoms with Crippen molar-refractivity contribution in [3.63, 3.8) is 0 Å². The number of anilines is 1. The van der Waals surface area contributed by atoms with E-state index in [2.05, 4.69) is 5.32 Å². The van der Waals surface area contributed by atoms with Gasteiger partial charge in [0.25, 0.3) is 0 Å². The number of carbonyl (C=O) groups is 1. The summed E-state index contributed by atoms with van der Waals surface area (Å²) >= 11 is 0. The van der Waals surface area contributed by atoms with Gasteiger partial charge in [-0.25, -0.2) is 12.7 Å². The molecule has 0 aliphatic carbocycles. The zero-order valence-electron chi connectivity index (χ0n) is 14.5. The minimum absolute atomic E-state index is 0.174. The summed E-state index contributed by atoms with van der Waals surface area (Å²) in [4.78, 5) is 12.3. The average Bonchev–Trinajstić information content (AvgIpc) is 2.57. The molecule has 25 heavy (non-hydrogen) atoms. The summed E-state index contributed by atoms with van der Waals surface area (Å²) in [5.41, 5.74) is 1.42. The lowest BCUT2D eigenvalue weighted by molar-refractivity contribution is -0.115. The highest BCUT2D eigenvalue weighted by Crippen LogP contribution is 2.17. The van der Waals surface area contributed by atoms with E-state index in [0.717, 1.165) is 15.6 Å². The summed E-state index contributed by atoms with van der Waals surface area (Å²) in [6.45, 7) is 2.51. The Balaban J connectivity index is 1.98. The maximum Gasteiger partial charge on any atom is 0.242 e. The molecule has 1 amide bonds. The molecule has 2 rings (SSSR count). The highest BCUT2D eigenvalue weighted by Gasteiger charge is 2.16. The van der Waals surface area contributed by atoms with Crippen LogP contribution in [0.4, 0.5) is 5.69 Å². The van der Waals surface area contributed by atoms with Crippen LogP contribution >= 0.6 is 0 Å². The fourth-order valence-corrected chi connectivity index (χ4v) is 3.08. The molecule has 0 saturated heterocycles. The molecule has 0 fully saturated rings. The van der Waals surface area contributed by atoms with Gasteiger partial charge in [-0.15, -0.1) is 0 Å². The van der Waals surface area contributed by atoms with E-state index >= 15 is 0 Å². The normalized spacial score (nSPS) is 11.4. The van der Waals surface area contributed by atoms with Crippen LogP contribution in [0, 0.1) is 0 Å². The van der Waals surface area contributed by atoms with Crippen LogP contribution < -0.4 is 10.1 Å². The van der Waals surface area contributed by atoms with Gasteiger partial charge < -0.3 is 10.1 Å². The second kappa shape index (κ2) is 8.13. The number of hydrogen-bond donors (Lipinski definition) is 1. The fourth-order valence-electron chi connectivity index (χ4n) is 2.18. The third kappa shape index (κ3) is 5.04. The molecule has 0 spiro atoms. The summed E-state index contributed by atoms with van der Waals surface area (Å²) in [6, 6.07) is 13.4. The second-order valence-electron chi connectivity index (χ2n) is 5.61. The van der Waals surface area contributed by atoms with E-state index in [4.69, 9.17) is 4.74 Å². The molecule has 7 heteroatoms. The first kappa shape index (κ1) is 19.0. The maximum atomic E-state index is 12.1. The van der Waals surface area contributed by atoms with Gasteiger partial charge in [-0.3, -0.25) is 4.79 Å². The first-order chi connectivity index (χ1) is 11.8. The molecule has 2 aromatic carbocycles. The van der Waals surface area contributed by atoms with E-state index in [9.17, 15) is 13.2 Å². The van der Waals surface area contributed by atoms with Crippen molar-refractivity contribution in [3.8, 4) is 5.75 Å². The van der Waals surface area contributed by atoms with Crippen molar-refractivity contribution in [1.29, 1.82) is 0 Å². The lowest BCUT2D eigenvalue weighted by atomic mass is 10.1. The van der Waals surface area contributed by atoms with Crippen molar-refractivity contribution in [2.24, 2.45) is 0 Å². The molecule has 0 bridgehead atoms. The van der Waals surface area contributed by atoms with Crippen molar-refractivity contribution < 1.29 is 17.9 Å². The number of benzene rings is 2. The molecule has 0 heterocycles. The number of nitrogens with zero attached hydrogens (tertiary/aromatic N) is 1. The number of sulfonamides is 1. The van der Waals surface area contributed by atoms with Gasteiger partial charge in [0.2, 0.25) is 15.9 Å². The Morgan fingerprint density at radius 2 is 1.64 bits per heavy atom. The van der Waals surface area contributed by atoms with E-state index in [1.54, 1.807) is 12.1 Å². The number of nitrogens with one attached hydrogen (secondary N) is 1. The van der Waals surface area contributed by atoms with E-state index in [0.29, 0.717) is 12.3 Å².